The van der Waals surface area contributed by atoms with Crippen molar-refractivity contribution in [2.75, 3.05) is 0 Å². The zero-order valence-corrected chi connectivity index (χ0v) is 10.5. The number of Topliss-reactive ketones (excluding diaryl/α,β-unsaturated/α-hetero) is 1. The Labute approximate surface area is 106 Å². The number of aryl methyl sites for hydroxylation is 1. The van der Waals surface area contributed by atoms with Gasteiger partial charge in [-0.2, -0.15) is 0 Å². The van der Waals surface area contributed by atoms with E-state index < -0.39 is 0 Å². The van der Waals surface area contributed by atoms with E-state index in [0.29, 0.717) is 34.9 Å². The minimum Gasteiger partial charge on any atom is -0.427 e. The van der Waals surface area contributed by atoms with Crippen LogP contribution in [0.3, 0.4) is 0 Å². The van der Waals surface area contributed by atoms with E-state index in [1.807, 2.05) is 6.07 Å². The smallest absolute Gasteiger partial charge is 0.343 e. The number of benzene rings is 1. The fourth-order valence-electron chi connectivity index (χ4n) is 2.29. The summed E-state index contributed by atoms with van der Waals surface area (Å²) in [7, 11) is 0. The summed E-state index contributed by atoms with van der Waals surface area (Å²) in [6, 6.07) is 5.28. The van der Waals surface area contributed by atoms with E-state index >= 15 is 0 Å². The van der Waals surface area contributed by atoms with Gasteiger partial charge in [0, 0.05) is 22.7 Å². The van der Waals surface area contributed by atoms with Gasteiger partial charge in [-0.25, -0.2) is 4.79 Å². The molecule has 3 nitrogen and oxygen atoms in total. The number of carbonyl (C=O) groups excluding carboxylic acids is 1. The highest BCUT2D eigenvalue weighted by atomic mass is 79.9. The van der Waals surface area contributed by atoms with Gasteiger partial charge in [-0.15, -0.1) is 0 Å². The molecule has 1 aliphatic carbocycles. The van der Waals surface area contributed by atoms with Crippen LogP contribution in [-0.4, -0.2) is 5.78 Å². The normalized spacial score (nSPS) is 15.0. The van der Waals surface area contributed by atoms with E-state index in [4.69, 9.17) is 4.42 Å². The van der Waals surface area contributed by atoms with Crippen molar-refractivity contribution in [1.29, 1.82) is 0 Å². The molecular weight excluding hydrogens is 284 g/mol. The Bertz CT molecular complexity index is 685. The van der Waals surface area contributed by atoms with Crippen LogP contribution in [0.1, 0.15) is 29.0 Å². The van der Waals surface area contributed by atoms with Crippen molar-refractivity contribution in [2.24, 2.45) is 0 Å². The molecule has 0 bridgehead atoms. The van der Waals surface area contributed by atoms with Crippen LogP contribution in [0.5, 0.6) is 0 Å². The van der Waals surface area contributed by atoms with Crippen molar-refractivity contribution < 1.29 is 9.21 Å². The summed E-state index contributed by atoms with van der Waals surface area (Å²) in [5, 5.41) is 1.18. The van der Waals surface area contributed by atoms with Crippen LogP contribution in [0.25, 0.3) is 10.8 Å². The molecule has 86 valence electrons. The summed E-state index contributed by atoms with van der Waals surface area (Å²) in [6.45, 7) is 0. The third kappa shape index (κ3) is 1.63. The lowest BCUT2D eigenvalue weighted by Gasteiger charge is -2.14. The van der Waals surface area contributed by atoms with Gasteiger partial charge in [0.2, 0.25) is 0 Å². The summed E-state index contributed by atoms with van der Waals surface area (Å²) in [5.74, 6) is 0.606. The van der Waals surface area contributed by atoms with Gasteiger partial charge >= 0.3 is 5.63 Å². The number of hydrogen-bond donors (Lipinski definition) is 0. The Hall–Kier alpha value is -1.42. The summed E-state index contributed by atoms with van der Waals surface area (Å²) in [4.78, 5) is 23.7. The average molecular weight is 293 g/mol. The Balaban J connectivity index is 2.50. The molecule has 1 aromatic carbocycles. The van der Waals surface area contributed by atoms with Crippen LogP contribution in [0.15, 0.2) is 31.9 Å². The van der Waals surface area contributed by atoms with Gasteiger partial charge in [0.15, 0.2) is 5.78 Å². The molecule has 3 rings (SSSR count). The number of halogens is 1. The van der Waals surface area contributed by atoms with Crippen molar-refractivity contribution in [3.05, 3.63) is 44.4 Å². The molecule has 1 aliphatic rings. The van der Waals surface area contributed by atoms with Gasteiger partial charge in [0.25, 0.3) is 0 Å². The largest absolute Gasteiger partial charge is 0.427 e. The van der Waals surface area contributed by atoms with Gasteiger partial charge in [-0.1, -0.05) is 15.9 Å². The SMILES string of the molecule is O=C1CCCc2oc(=O)c3ccc(Br)cc3c21. The fraction of sp³-hybridized carbons (Fsp3) is 0.231. The lowest BCUT2D eigenvalue weighted by Crippen LogP contribution is -2.15. The summed E-state index contributed by atoms with van der Waals surface area (Å²) in [5.41, 5.74) is 0.230. The molecule has 0 atom stereocenters. The molecular formula is C13H9BrO3. The Morgan fingerprint density at radius 2 is 1.94 bits per heavy atom. The zero-order valence-electron chi connectivity index (χ0n) is 8.96. The standard InChI is InChI=1S/C13H9BrO3/c14-7-4-5-8-9(6-7)12-10(15)2-1-3-11(12)17-13(8)16/h4-6H,1-3H2. The van der Waals surface area contributed by atoms with Crippen LogP contribution in [0.4, 0.5) is 0 Å². The van der Waals surface area contributed by atoms with Crippen LogP contribution in [-0.2, 0) is 6.42 Å². The van der Waals surface area contributed by atoms with E-state index in [2.05, 4.69) is 15.9 Å². The highest BCUT2D eigenvalue weighted by Crippen LogP contribution is 2.28. The third-order valence-corrected chi connectivity index (χ3v) is 3.55. The first-order valence-corrected chi connectivity index (χ1v) is 6.24. The number of fused-ring (bicyclic) bond motifs is 3. The third-order valence-electron chi connectivity index (χ3n) is 3.05. The Kier molecular flexibility index (Phi) is 2.40. The Morgan fingerprint density at radius 1 is 1.12 bits per heavy atom. The zero-order chi connectivity index (χ0) is 12.0. The topological polar surface area (TPSA) is 47.3 Å². The number of carbonyl (C=O) groups is 1. The van der Waals surface area contributed by atoms with Crippen molar-refractivity contribution in [3.8, 4) is 0 Å². The molecule has 2 aromatic rings. The fourth-order valence-corrected chi connectivity index (χ4v) is 2.65. The first-order chi connectivity index (χ1) is 8.16. The summed E-state index contributed by atoms with van der Waals surface area (Å²) < 4.78 is 6.09. The molecule has 0 unspecified atom stereocenters. The van der Waals surface area contributed by atoms with Crippen LogP contribution >= 0.6 is 15.9 Å². The molecule has 1 heterocycles. The molecule has 0 spiro atoms. The van der Waals surface area contributed by atoms with Crippen molar-refractivity contribution >= 4 is 32.5 Å². The summed E-state index contributed by atoms with van der Waals surface area (Å²) in [6.07, 6.45) is 1.95. The second-order valence-corrected chi connectivity index (χ2v) is 5.07. The van der Waals surface area contributed by atoms with E-state index in [1.165, 1.54) is 0 Å². The highest BCUT2D eigenvalue weighted by Gasteiger charge is 2.23. The second kappa shape index (κ2) is 3.81. The van der Waals surface area contributed by atoms with Gasteiger partial charge in [0.1, 0.15) is 5.76 Å². The van der Waals surface area contributed by atoms with Gasteiger partial charge < -0.3 is 4.42 Å². The van der Waals surface area contributed by atoms with Crippen LogP contribution < -0.4 is 5.63 Å². The maximum Gasteiger partial charge on any atom is 0.343 e. The van der Waals surface area contributed by atoms with Crippen molar-refractivity contribution in [3.63, 3.8) is 0 Å². The van der Waals surface area contributed by atoms with E-state index in [0.717, 1.165) is 10.9 Å². The van der Waals surface area contributed by atoms with E-state index in [9.17, 15) is 9.59 Å². The predicted octanol–water partition coefficient (Wildman–Crippen LogP) is 3.07. The molecule has 0 aliphatic heterocycles. The molecule has 0 saturated heterocycles. The number of ketones is 1. The summed E-state index contributed by atoms with van der Waals surface area (Å²) >= 11 is 3.36. The van der Waals surface area contributed by atoms with Crippen LogP contribution in [0.2, 0.25) is 0 Å². The number of rotatable bonds is 0. The number of hydrogen-bond acceptors (Lipinski definition) is 3. The first kappa shape index (κ1) is 10.7. The first-order valence-electron chi connectivity index (χ1n) is 5.45. The van der Waals surface area contributed by atoms with E-state index in [1.54, 1.807) is 12.1 Å². The molecule has 0 fully saturated rings. The monoisotopic (exact) mass is 292 g/mol. The molecule has 0 radical (unpaired) electrons. The van der Waals surface area contributed by atoms with E-state index in [-0.39, 0.29) is 11.4 Å². The molecule has 0 saturated carbocycles. The van der Waals surface area contributed by atoms with Crippen molar-refractivity contribution in [2.45, 2.75) is 19.3 Å². The maximum absolute atomic E-state index is 11.9. The average Bonchev–Trinajstić information content (AvgIpc) is 2.28. The van der Waals surface area contributed by atoms with Crippen molar-refractivity contribution in [1.82, 2.24) is 0 Å². The van der Waals surface area contributed by atoms with Gasteiger partial charge in [-0.3, -0.25) is 4.79 Å². The molecule has 17 heavy (non-hydrogen) atoms. The van der Waals surface area contributed by atoms with Crippen LogP contribution in [0, 0.1) is 0 Å². The van der Waals surface area contributed by atoms with Gasteiger partial charge in [0.05, 0.1) is 10.9 Å². The Morgan fingerprint density at radius 3 is 2.76 bits per heavy atom. The lowest BCUT2D eigenvalue weighted by atomic mass is 9.92. The minimum atomic E-state index is -0.360. The molecule has 0 N–H and O–H groups in total. The second-order valence-electron chi connectivity index (χ2n) is 4.15. The quantitative estimate of drug-likeness (QED) is 0.750. The predicted molar refractivity (Wildman–Crippen MR) is 67.5 cm³/mol. The minimum absolute atomic E-state index is 0.0677. The van der Waals surface area contributed by atoms with Gasteiger partial charge in [-0.05, 0) is 24.6 Å². The maximum atomic E-state index is 11.9. The molecule has 0 amide bonds. The molecule has 1 aromatic heterocycles. The highest BCUT2D eigenvalue weighted by molar-refractivity contribution is 9.10. The lowest BCUT2D eigenvalue weighted by molar-refractivity contribution is 0.0968. The molecule has 4 heteroatoms.